The summed E-state index contributed by atoms with van der Waals surface area (Å²) >= 11 is 0. The van der Waals surface area contributed by atoms with Crippen LogP contribution in [0, 0.1) is 0 Å². The van der Waals surface area contributed by atoms with E-state index in [9.17, 15) is 4.79 Å². The molecule has 3 aromatic rings. The standard InChI is InChI=1S/C23H24N4O2/c1-29-21-9-5-4-7-18(21)10-12-24-23-25-14-20(15-26-23)22(28)27-13-11-17-6-2-3-8-19(17)16-27/h2-9,14-15H,10-13,16H2,1H3,(H,24,25,26). The van der Waals surface area contributed by atoms with E-state index >= 15 is 0 Å². The third-order valence-corrected chi connectivity index (χ3v) is 5.19. The van der Waals surface area contributed by atoms with Gasteiger partial charge in [0.2, 0.25) is 5.95 Å². The van der Waals surface area contributed by atoms with Gasteiger partial charge in [-0.25, -0.2) is 9.97 Å². The topological polar surface area (TPSA) is 67.3 Å². The molecule has 2 aromatic carbocycles. The molecule has 0 fully saturated rings. The first-order valence-electron chi connectivity index (χ1n) is 9.78. The van der Waals surface area contributed by atoms with Gasteiger partial charge in [-0.2, -0.15) is 0 Å². The number of benzene rings is 2. The van der Waals surface area contributed by atoms with E-state index in [0.29, 0.717) is 24.6 Å². The quantitative estimate of drug-likeness (QED) is 0.702. The van der Waals surface area contributed by atoms with Gasteiger partial charge in [0.15, 0.2) is 0 Å². The average molecular weight is 388 g/mol. The number of methoxy groups -OCH3 is 1. The van der Waals surface area contributed by atoms with Crippen LogP contribution in [0.2, 0.25) is 0 Å². The van der Waals surface area contributed by atoms with Gasteiger partial charge in [-0.05, 0) is 35.6 Å². The van der Waals surface area contributed by atoms with Crippen LogP contribution >= 0.6 is 0 Å². The molecule has 0 radical (unpaired) electrons. The number of carbonyl (C=O) groups is 1. The minimum absolute atomic E-state index is 0.0277. The summed E-state index contributed by atoms with van der Waals surface area (Å²) in [6, 6.07) is 16.2. The number of carbonyl (C=O) groups excluding carboxylic acids is 1. The number of fused-ring (bicyclic) bond motifs is 1. The van der Waals surface area contributed by atoms with Gasteiger partial charge in [0.05, 0.1) is 12.7 Å². The number of amides is 1. The van der Waals surface area contributed by atoms with Crippen LogP contribution in [0.5, 0.6) is 5.75 Å². The molecule has 6 heteroatoms. The first-order valence-corrected chi connectivity index (χ1v) is 9.78. The molecule has 1 N–H and O–H groups in total. The number of nitrogens with one attached hydrogen (secondary N) is 1. The fourth-order valence-corrected chi connectivity index (χ4v) is 3.60. The van der Waals surface area contributed by atoms with Gasteiger partial charge >= 0.3 is 0 Å². The van der Waals surface area contributed by atoms with Crippen LogP contribution in [0.15, 0.2) is 60.9 Å². The highest BCUT2D eigenvalue weighted by Crippen LogP contribution is 2.20. The molecule has 6 nitrogen and oxygen atoms in total. The summed E-state index contributed by atoms with van der Waals surface area (Å²) < 4.78 is 5.37. The van der Waals surface area contributed by atoms with E-state index in [4.69, 9.17) is 4.74 Å². The third-order valence-electron chi connectivity index (χ3n) is 5.19. The smallest absolute Gasteiger partial charge is 0.257 e. The molecule has 0 bridgehead atoms. The molecule has 2 heterocycles. The maximum Gasteiger partial charge on any atom is 0.257 e. The lowest BCUT2D eigenvalue weighted by atomic mass is 9.99. The summed E-state index contributed by atoms with van der Waals surface area (Å²) in [5.74, 6) is 1.36. The van der Waals surface area contributed by atoms with Crippen molar-refractivity contribution in [3.63, 3.8) is 0 Å². The first kappa shape index (κ1) is 18.9. The molecule has 0 saturated carbocycles. The predicted octanol–water partition coefficient (Wildman–Crippen LogP) is 3.34. The maximum atomic E-state index is 12.8. The normalized spacial score (nSPS) is 12.9. The third kappa shape index (κ3) is 4.37. The Kier molecular flexibility index (Phi) is 5.70. The second-order valence-electron chi connectivity index (χ2n) is 7.03. The van der Waals surface area contributed by atoms with Crippen molar-refractivity contribution in [1.29, 1.82) is 0 Å². The Labute approximate surface area is 170 Å². The summed E-state index contributed by atoms with van der Waals surface area (Å²) in [7, 11) is 1.67. The van der Waals surface area contributed by atoms with Gasteiger partial charge < -0.3 is 15.0 Å². The molecule has 4 rings (SSSR count). The molecule has 1 amide bonds. The van der Waals surface area contributed by atoms with Gasteiger partial charge in [-0.15, -0.1) is 0 Å². The number of ether oxygens (including phenoxy) is 1. The van der Waals surface area contributed by atoms with Crippen molar-refractivity contribution in [2.24, 2.45) is 0 Å². The molecule has 1 aliphatic rings. The van der Waals surface area contributed by atoms with Crippen molar-refractivity contribution >= 4 is 11.9 Å². The van der Waals surface area contributed by atoms with Crippen molar-refractivity contribution in [2.45, 2.75) is 19.4 Å². The molecule has 0 atom stereocenters. The van der Waals surface area contributed by atoms with Crippen LogP contribution in [0.1, 0.15) is 27.0 Å². The van der Waals surface area contributed by atoms with E-state index in [1.165, 1.54) is 11.1 Å². The molecular weight excluding hydrogens is 364 g/mol. The van der Waals surface area contributed by atoms with E-state index in [2.05, 4.69) is 27.4 Å². The predicted molar refractivity (Wildman–Crippen MR) is 112 cm³/mol. The molecule has 29 heavy (non-hydrogen) atoms. The zero-order valence-electron chi connectivity index (χ0n) is 16.5. The summed E-state index contributed by atoms with van der Waals surface area (Å²) in [5, 5.41) is 3.20. The summed E-state index contributed by atoms with van der Waals surface area (Å²) in [5.41, 5.74) is 4.17. The zero-order chi connectivity index (χ0) is 20.1. The number of anilines is 1. The summed E-state index contributed by atoms with van der Waals surface area (Å²) in [6.45, 7) is 2.03. The van der Waals surface area contributed by atoms with Gasteiger partial charge in [-0.3, -0.25) is 4.79 Å². The number of nitrogens with zero attached hydrogens (tertiary/aromatic N) is 3. The maximum absolute atomic E-state index is 12.8. The van der Waals surface area contributed by atoms with Crippen LogP contribution in [0.4, 0.5) is 5.95 Å². The number of hydrogen-bond acceptors (Lipinski definition) is 5. The SMILES string of the molecule is COc1ccccc1CCNc1ncc(C(=O)N2CCc3ccccc3C2)cn1. The zero-order valence-corrected chi connectivity index (χ0v) is 16.5. The molecular formula is C23H24N4O2. The summed E-state index contributed by atoms with van der Waals surface area (Å²) in [6.07, 6.45) is 4.87. The minimum atomic E-state index is -0.0277. The van der Waals surface area contributed by atoms with Gasteiger partial charge in [0.1, 0.15) is 5.75 Å². The number of rotatable bonds is 6. The Hall–Kier alpha value is -3.41. The van der Waals surface area contributed by atoms with Crippen LogP contribution in [0.3, 0.4) is 0 Å². The Morgan fingerprint density at radius 3 is 2.59 bits per heavy atom. The van der Waals surface area contributed by atoms with E-state index in [1.807, 2.05) is 41.3 Å². The second kappa shape index (κ2) is 8.73. The highest BCUT2D eigenvalue weighted by atomic mass is 16.5. The lowest BCUT2D eigenvalue weighted by Gasteiger charge is -2.28. The average Bonchev–Trinajstić information content (AvgIpc) is 2.79. The molecule has 148 valence electrons. The summed E-state index contributed by atoms with van der Waals surface area (Å²) in [4.78, 5) is 23.3. The van der Waals surface area contributed by atoms with Gasteiger partial charge in [0, 0.05) is 32.0 Å². The first-order chi connectivity index (χ1) is 14.2. The largest absolute Gasteiger partial charge is 0.496 e. The van der Waals surface area contributed by atoms with Crippen molar-refractivity contribution in [3.05, 3.63) is 83.2 Å². The molecule has 0 aliphatic carbocycles. The number of para-hydroxylation sites is 1. The lowest BCUT2D eigenvalue weighted by molar-refractivity contribution is 0.0734. The van der Waals surface area contributed by atoms with Crippen LogP contribution < -0.4 is 10.1 Å². The van der Waals surface area contributed by atoms with Crippen molar-refractivity contribution in [1.82, 2.24) is 14.9 Å². The van der Waals surface area contributed by atoms with Gasteiger partial charge in [0.25, 0.3) is 5.91 Å². The van der Waals surface area contributed by atoms with Crippen molar-refractivity contribution in [2.75, 3.05) is 25.5 Å². The molecule has 0 saturated heterocycles. The Bertz CT molecular complexity index is 988. The van der Waals surface area contributed by atoms with E-state index < -0.39 is 0 Å². The van der Waals surface area contributed by atoms with Crippen LogP contribution in [-0.2, 0) is 19.4 Å². The monoisotopic (exact) mass is 388 g/mol. The Morgan fingerprint density at radius 2 is 1.79 bits per heavy atom. The van der Waals surface area contributed by atoms with Crippen LogP contribution in [-0.4, -0.2) is 41.0 Å². The Morgan fingerprint density at radius 1 is 1.07 bits per heavy atom. The molecule has 1 aromatic heterocycles. The van der Waals surface area contributed by atoms with E-state index in [1.54, 1.807) is 19.5 Å². The second-order valence-corrected chi connectivity index (χ2v) is 7.03. The number of aromatic nitrogens is 2. The highest BCUT2D eigenvalue weighted by Gasteiger charge is 2.22. The molecule has 1 aliphatic heterocycles. The minimum Gasteiger partial charge on any atom is -0.496 e. The van der Waals surface area contributed by atoms with E-state index in [-0.39, 0.29) is 5.91 Å². The molecule has 0 unspecified atom stereocenters. The fraction of sp³-hybridized carbons (Fsp3) is 0.261. The Balaban J connectivity index is 1.34. The highest BCUT2D eigenvalue weighted by molar-refractivity contribution is 5.93. The van der Waals surface area contributed by atoms with E-state index in [0.717, 1.165) is 30.7 Å². The fourth-order valence-electron chi connectivity index (χ4n) is 3.60. The number of hydrogen-bond donors (Lipinski definition) is 1. The van der Waals surface area contributed by atoms with Crippen molar-refractivity contribution < 1.29 is 9.53 Å². The van der Waals surface area contributed by atoms with Gasteiger partial charge in [-0.1, -0.05) is 42.5 Å². The van der Waals surface area contributed by atoms with Crippen molar-refractivity contribution in [3.8, 4) is 5.75 Å². The molecule has 0 spiro atoms. The van der Waals surface area contributed by atoms with Crippen LogP contribution in [0.25, 0.3) is 0 Å². The lowest BCUT2D eigenvalue weighted by Crippen LogP contribution is -2.36.